The topological polar surface area (TPSA) is 44.8 Å². The van der Waals surface area contributed by atoms with Crippen LogP contribution >= 0.6 is 15.9 Å². The van der Waals surface area contributed by atoms with Gasteiger partial charge < -0.3 is 14.2 Å². The first-order chi connectivity index (χ1) is 8.12. The third-order valence-electron chi connectivity index (χ3n) is 2.29. The Morgan fingerprint density at radius 1 is 1.29 bits per heavy atom. The Kier molecular flexibility index (Phi) is 5.61. The number of hydrogen-bond acceptors (Lipinski definition) is 4. The molecule has 0 aromatic heterocycles. The Balaban J connectivity index is 2.75. The summed E-state index contributed by atoms with van der Waals surface area (Å²) in [6.07, 6.45) is -0.551. The van der Waals surface area contributed by atoms with Crippen LogP contribution < -0.4 is 4.74 Å². The van der Waals surface area contributed by atoms with E-state index in [1.54, 1.807) is 13.2 Å². The Bertz CT molecular complexity index is 388. The predicted octanol–water partition coefficient (Wildman–Crippen LogP) is 2.19. The molecule has 0 spiro atoms. The van der Waals surface area contributed by atoms with Crippen molar-refractivity contribution in [2.45, 2.75) is 12.7 Å². The fourth-order valence-electron chi connectivity index (χ4n) is 1.46. The van der Waals surface area contributed by atoms with Gasteiger partial charge in [0.25, 0.3) is 0 Å². The van der Waals surface area contributed by atoms with Crippen LogP contribution in [0.25, 0.3) is 0 Å². The molecule has 17 heavy (non-hydrogen) atoms. The van der Waals surface area contributed by atoms with Crippen molar-refractivity contribution in [3.05, 3.63) is 28.2 Å². The van der Waals surface area contributed by atoms with E-state index in [-0.39, 0.29) is 12.2 Å². The smallest absolute Gasteiger partial charge is 0.217 e. The lowest BCUT2D eigenvalue weighted by atomic mass is 10.1. The van der Waals surface area contributed by atoms with E-state index >= 15 is 0 Å². The third kappa shape index (κ3) is 3.80. The minimum atomic E-state index is -0.809. The molecule has 0 amide bonds. The standard InChI is InChI=1S/C12H15BrO4/c1-15-11-5-4-8(6-9(11)13)7-10(14)12(16-2)17-3/h4-6,12H,7H2,1-3H3. The van der Waals surface area contributed by atoms with E-state index in [4.69, 9.17) is 14.2 Å². The lowest BCUT2D eigenvalue weighted by Gasteiger charge is -2.12. The summed E-state index contributed by atoms with van der Waals surface area (Å²) in [5.41, 5.74) is 0.877. The van der Waals surface area contributed by atoms with Crippen molar-refractivity contribution in [3.63, 3.8) is 0 Å². The molecule has 0 atom stereocenters. The van der Waals surface area contributed by atoms with Crippen molar-refractivity contribution in [1.82, 2.24) is 0 Å². The van der Waals surface area contributed by atoms with E-state index in [1.807, 2.05) is 12.1 Å². The SMILES string of the molecule is COc1ccc(CC(=O)C(OC)OC)cc1Br. The molecule has 0 fully saturated rings. The molecule has 1 rings (SSSR count). The average Bonchev–Trinajstić information content (AvgIpc) is 2.31. The van der Waals surface area contributed by atoms with Gasteiger partial charge in [-0.1, -0.05) is 6.07 Å². The van der Waals surface area contributed by atoms with Gasteiger partial charge in [0.1, 0.15) is 5.75 Å². The van der Waals surface area contributed by atoms with Gasteiger partial charge in [0.05, 0.1) is 11.6 Å². The van der Waals surface area contributed by atoms with Crippen LogP contribution in [0.5, 0.6) is 5.75 Å². The maximum atomic E-state index is 11.7. The van der Waals surface area contributed by atoms with Gasteiger partial charge in [-0.05, 0) is 33.6 Å². The number of methoxy groups -OCH3 is 3. The summed E-state index contributed by atoms with van der Waals surface area (Å²) >= 11 is 3.37. The van der Waals surface area contributed by atoms with Crippen LogP contribution in [0.2, 0.25) is 0 Å². The van der Waals surface area contributed by atoms with Gasteiger partial charge in [-0.2, -0.15) is 0 Å². The summed E-state index contributed by atoms with van der Waals surface area (Å²) in [7, 11) is 4.48. The predicted molar refractivity (Wildman–Crippen MR) is 67.2 cm³/mol. The number of ketones is 1. The Labute approximate surface area is 109 Å². The zero-order chi connectivity index (χ0) is 12.8. The Morgan fingerprint density at radius 3 is 2.41 bits per heavy atom. The number of Topliss-reactive ketones (excluding diaryl/α,β-unsaturated/α-hetero) is 1. The first kappa shape index (κ1) is 14.2. The molecule has 0 radical (unpaired) electrons. The summed E-state index contributed by atoms with van der Waals surface area (Å²) in [5.74, 6) is 0.614. The number of rotatable bonds is 6. The molecule has 0 saturated heterocycles. The molecule has 94 valence electrons. The summed E-state index contributed by atoms with van der Waals surface area (Å²) in [4.78, 5) is 11.7. The molecule has 1 aromatic rings. The molecule has 4 nitrogen and oxygen atoms in total. The highest BCUT2D eigenvalue weighted by Gasteiger charge is 2.17. The second-order valence-corrected chi connectivity index (χ2v) is 4.27. The molecule has 5 heteroatoms. The van der Waals surface area contributed by atoms with Gasteiger partial charge in [0.15, 0.2) is 5.78 Å². The molecular formula is C12H15BrO4. The van der Waals surface area contributed by atoms with Gasteiger partial charge in [-0.15, -0.1) is 0 Å². The Hall–Kier alpha value is -0.910. The minimum absolute atomic E-state index is 0.118. The monoisotopic (exact) mass is 302 g/mol. The molecule has 0 aliphatic heterocycles. The fourth-order valence-corrected chi connectivity index (χ4v) is 2.05. The van der Waals surface area contributed by atoms with Gasteiger partial charge in [-0.25, -0.2) is 0 Å². The quantitative estimate of drug-likeness (QED) is 0.756. The van der Waals surface area contributed by atoms with Crippen molar-refractivity contribution in [3.8, 4) is 5.75 Å². The average molecular weight is 303 g/mol. The van der Waals surface area contributed by atoms with Gasteiger partial charge in [-0.3, -0.25) is 4.79 Å². The van der Waals surface area contributed by atoms with E-state index in [0.29, 0.717) is 0 Å². The molecule has 0 saturated carbocycles. The second kappa shape index (κ2) is 6.74. The van der Waals surface area contributed by atoms with Crippen LogP contribution in [-0.2, 0) is 20.7 Å². The van der Waals surface area contributed by atoms with Crippen molar-refractivity contribution in [2.24, 2.45) is 0 Å². The molecule has 0 bridgehead atoms. The molecule has 0 heterocycles. The van der Waals surface area contributed by atoms with E-state index in [9.17, 15) is 4.79 Å². The lowest BCUT2D eigenvalue weighted by Crippen LogP contribution is -2.26. The van der Waals surface area contributed by atoms with Crippen LogP contribution in [0.15, 0.2) is 22.7 Å². The molecule has 0 unspecified atom stereocenters. The number of hydrogen-bond donors (Lipinski definition) is 0. The zero-order valence-corrected chi connectivity index (χ0v) is 11.6. The highest BCUT2D eigenvalue weighted by Crippen LogP contribution is 2.25. The first-order valence-corrected chi connectivity index (χ1v) is 5.82. The van der Waals surface area contributed by atoms with E-state index in [1.165, 1.54) is 14.2 Å². The first-order valence-electron chi connectivity index (χ1n) is 5.03. The number of benzene rings is 1. The maximum absolute atomic E-state index is 11.7. The molecular weight excluding hydrogens is 288 g/mol. The summed E-state index contributed by atoms with van der Waals surface area (Å²) in [6.45, 7) is 0. The van der Waals surface area contributed by atoms with Crippen molar-refractivity contribution in [2.75, 3.05) is 21.3 Å². The maximum Gasteiger partial charge on any atom is 0.217 e. The number of ether oxygens (including phenoxy) is 3. The molecule has 0 N–H and O–H groups in total. The van der Waals surface area contributed by atoms with Crippen molar-refractivity contribution < 1.29 is 19.0 Å². The van der Waals surface area contributed by atoms with Crippen molar-refractivity contribution in [1.29, 1.82) is 0 Å². The van der Waals surface area contributed by atoms with Crippen LogP contribution in [-0.4, -0.2) is 33.4 Å². The van der Waals surface area contributed by atoms with Gasteiger partial charge >= 0.3 is 0 Å². The van der Waals surface area contributed by atoms with Crippen LogP contribution in [0.4, 0.5) is 0 Å². The lowest BCUT2D eigenvalue weighted by molar-refractivity contribution is -0.155. The fraction of sp³-hybridized carbons (Fsp3) is 0.417. The third-order valence-corrected chi connectivity index (χ3v) is 2.91. The van der Waals surface area contributed by atoms with Crippen LogP contribution in [0.3, 0.4) is 0 Å². The number of carbonyl (C=O) groups excluding carboxylic acids is 1. The van der Waals surface area contributed by atoms with E-state index in [0.717, 1.165) is 15.8 Å². The number of carbonyl (C=O) groups is 1. The van der Waals surface area contributed by atoms with Crippen LogP contribution in [0, 0.1) is 0 Å². The Morgan fingerprint density at radius 2 is 1.94 bits per heavy atom. The largest absolute Gasteiger partial charge is 0.496 e. The second-order valence-electron chi connectivity index (χ2n) is 3.42. The minimum Gasteiger partial charge on any atom is -0.496 e. The van der Waals surface area contributed by atoms with E-state index in [2.05, 4.69) is 15.9 Å². The van der Waals surface area contributed by atoms with Gasteiger partial charge in [0, 0.05) is 20.6 Å². The zero-order valence-electron chi connectivity index (χ0n) is 10.0. The highest BCUT2D eigenvalue weighted by molar-refractivity contribution is 9.10. The molecule has 1 aromatic carbocycles. The highest BCUT2D eigenvalue weighted by atomic mass is 79.9. The molecule has 0 aliphatic carbocycles. The summed E-state index contributed by atoms with van der Waals surface area (Å²) in [5, 5.41) is 0. The molecule has 0 aliphatic rings. The van der Waals surface area contributed by atoms with Gasteiger partial charge in [0.2, 0.25) is 6.29 Å². The normalized spacial score (nSPS) is 10.6. The number of halogens is 1. The van der Waals surface area contributed by atoms with Crippen LogP contribution in [0.1, 0.15) is 5.56 Å². The van der Waals surface area contributed by atoms with E-state index < -0.39 is 6.29 Å². The summed E-state index contributed by atoms with van der Waals surface area (Å²) < 4.78 is 15.7. The summed E-state index contributed by atoms with van der Waals surface area (Å²) in [6, 6.07) is 5.49. The van der Waals surface area contributed by atoms with Crippen molar-refractivity contribution >= 4 is 21.7 Å².